The van der Waals surface area contributed by atoms with E-state index in [9.17, 15) is 9.59 Å². The van der Waals surface area contributed by atoms with Crippen LogP contribution >= 0.6 is 0 Å². The Morgan fingerprint density at radius 3 is 2.13 bits per heavy atom. The predicted molar refractivity (Wildman–Crippen MR) is 88.4 cm³/mol. The minimum absolute atomic E-state index is 0.0100. The lowest BCUT2D eigenvalue weighted by molar-refractivity contribution is -0.138. The van der Waals surface area contributed by atoms with Crippen LogP contribution in [0.5, 0.6) is 0 Å². The Morgan fingerprint density at radius 2 is 1.57 bits per heavy atom. The minimum Gasteiger partial charge on any atom is -0.481 e. The molecule has 0 aliphatic carbocycles. The topological polar surface area (TPSA) is 90.5 Å². The Balaban J connectivity index is 1.60. The first-order chi connectivity index (χ1) is 11.1. The van der Waals surface area contributed by atoms with Crippen LogP contribution in [0.15, 0.2) is 48.5 Å². The molecule has 3 rings (SSSR count). The van der Waals surface area contributed by atoms with Crippen LogP contribution in [0.3, 0.4) is 0 Å². The molecule has 118 valence electrons. The summed E-state index contributed by atoms with van der Waals surface area (Å²) in [5.41, 5.74) is 3.82. The number of carboxylic acids is 1. The number of aliphatic carboxylic acids is 1. The van der Waals surface area contributed by atoms with Crippen molar-refractivity contribution in [3.63, 3.8) is 0 Å². The standard InChI is InChI=1S/C17H17N3O3/c21-15(9-10-16(22)23)18-12-7-5-11(6-8-12)17-19-13-3-1-2-4-14(13)20-17/h1-8,17,19-20H,9-10H2,(H,18,21)(H,22,23). The highest BCUT2D eigenvalue weighted by Gasteiger charge is 2.20. The van der Waals surface area contributed by atoms with Crippen molar-refractivity contribution in [2.75, 3.05) is 16.0 Å². The number of rotatable bonds is 5. The summed E-state index contributed by atoms with van der Waals surface area (Å²) in [7, 11) is 0. The number of carboxylic acid groups (broad SMARTS) is 1. The maximum absolute atomic E-state index is 11.6. The molecule has 1 heterocycles. The third-order valence-corrected chi connectivity index (χ3v) is 3.62. The monoisotopic (exact) mass is 311 g/mol. The van der Waals surface area contributed by atoms with Gasteiger partial charge in [-0.05, 0) is 29.8 Å². The first-order valence-corrected chi connectivity index (χ1v) is 7.35. The number of anilines is 3. The smallest absolute Gasteiger partial charge is 0.303 e. The summed E-state index contributed by atoms with van der Waals surface area (Å²) < 4.78 is 0. The number of hydrogen-bond acceptors (Lipinski definition) is 4. The van der Waals surface area contributed by atoms with Gasteiger partial charge in [0, 0.05) is 12.1 Å². The van der Waals surface area contributed by atoms with Crippen molar-refractivity contribution in [3.8, 4) is 0 Å². The Hall–Kier alpha value is -3.02. The van der Waals surface area contributed by atoms with Crippen molar-refractivity contribution >= 4 is 28.9 Å². The van der Waals surface area contributed by atoms with Crippen LogP contribution in [0.4, 0.5) is 17.1 Å². The van der Waals surface area contributed by atoms with Crippen LogP contribution in [-0.4, -0.2) is 17.0 Å². The van der Waals surface area contributed by atoms with Gasteiger partial charge in [0.15, 0.2) is 0 Å². The minimum atomic E-state index is -0.978. The number of fused-ring (bicyclic) bond motifs is 1. The third-order valence-electron chi connectivity index (χ3n) is 3.62. The van der Waals surface area contributed by atoms with Crippen molar-refractivity contribution in [3.05, 3.63) is 54.1 Å². The second-order valence-corrected chi connectivity index (χ2v) is 5.33. The summed E-state index contributed by atoms with van der Waals surface area (Å²) in [4.78, 5) is 22.1. The van der Waals surface area contributed by atoms with E-state index in [0.717, 1.165) is 16.9 Å². The number of nitrogens with one attached hydrogen (secondary N) is 3. The second kappa shape index (κ2) is 6.39. The molecule has 0 fully saturated rings. The van der Waals surface area contributed by atoms with Crippen molar-refractivity contribution in [2.45, 2.75) is 19.0 Å². The molecule has 1 aliphatic rings. The van der Waals surface area contributed by atoms with Crippen LogP contribution in [0.2, 0.25) is 0 Å². The van der Waals surface area contributed by atoms with Gasteiger partial charge >= 0.3 is 5.97 Å². The zero-order valence-corrected chi connectivity index (χ0v) is 12.4. The van der Waals surface area contributed by atoms with E-state index < -0.39 is 5.97 Å². The van der Waals surface area contributed by atoms with Gasteiger partial charge < -0.3 is 21.1 Å². The fourth-order valence-electron chi connectivity index (χ4n) is 2.45. The van der Waals surface area contributed by atoms with Crippen LogP contribution in [-0.2, 0) is 9.59 Å². The normalized spacial score (nSPS) is 12.9. The van der Waals surface area contributed by atoms with E-state index in [4.69, 9.17) is 5.11 Å². The lowest BCUT2D eigenvalue weighted by atomic mass is 10.1. The van der Waals surface area contributed by atoms with Crippen molar-refractivity contribution < 1.29 is 14.7 Å². The first kappa shape index (κ1) is 14.9. The highest BCUT2D eigenvalue weighted by Crippen LogP contribution is 2.34. The van der Waals surface area contributed by atoms with E-state index in [1.54, 1.807) is 12.1 Å². The summed E-state index contributed by atoms with van der Waals surface area (Å²) in [6, 6.07) is 15.4. The van der Waals surface area contributed by atoms with Gasteiger partial charge in [0.2, 0.25) is 5.91 Å². The van der Waals surface area contributed by atoms with Gasteiger partial charge in [0.1, 0.15) is 6.17 Å². The molecular formula is C17H17N3O3. The number of carbonyl (C=O) groups excluding carboxylic acids is 1. The fraction of sp³-hybridized carbons (Fsp3) is 0.176. The second-order valence-electron chi connectivity index (χ2n) is 5.33. The molecule has 23 heavy (non-hydrogen) atoms. The number of carbonyl (C=O) groups is 2. The van der Waals surface area contributed by atoms with Crippen molar-refractivity contribution in [1.82, 2.24) is 0 Å². The fourth-order valence-corrected chi connectivity index (χ4v) is 2.45. The molecule has 1 amide bonds. The largest absolute Gasteiger partial charge is 0.481 e. The molecule has 0 unspecified atom stereocenters. The van der Waals surface area contributed by atoms with E-state index in [1.165, 1.54) is 0 Å². The highest BCUT2D eigenvalue weighted by molar-refractivity contribution is 5.92. The molecule has 0 atom stereocenters. The average molecular weight is 311 g/mol. The van der Waals surface area contributed by atoms with Gasteiger partial charge in [0.25, 0.3) is 0 Å². The van der Waals surface area contributed by atoms with Gasteiger partial charge in [-0.2, -0.15) is 0 Å². The van der Waals surface area contributed by atoms with Gasteiger partial charge in [-0.25, -0.2) is 0 Å². The molecule has 2 aromatic carbocycles. The summed E-state index contributed by atoms with van der Waals surface area (Å²) in [6.45, 7) is 0. The molecule has 6 heteroatoms. The SMILES string of the molecule is O=C(O)CCC(=O)Nc1ccc(C2Nc3ccccc3N2)cc1. The summed E-state index contributed by atoms with van der Waals surface area (Å²) in [5, 5.41) is 18.0. The molecule has 1 aliphatic heterocycles. The molecule has 0 spiro atoms. The average Bonchev–Trinajstić information content (AvgIpc) is 2.97. The Kier molecular flexibility index (Phi) is 4.14. The van der Waals surface area contributed by atoms with Gasteiger partial charge in [0.05, 0.1) is 17.8 Å². The Labute approximate surface area is 133 Å². The number of benzene rings is 2. The Bertz CT molecular complexity index is 703. The van der Waals surface area contributed by atoms with Crippen LogP contribution < -0.4 is 16.0 Å². The van der Waals surface area contributed by atoms with Gasteiger partial charge in [-0.3, -0.25) is 9.59 Å². The molecule has 0 saturated heterocycles. The molecule has 0 bridgehead atoms. The lowest BCUT2D eigenvalue weighted by Crippen LogP contribution is -2.14. The summed E-state index contributed by atoms with van der Waals surface area (Å²) >= 11 is 0. The van der Waals surface area contributed by atoms with E-state index in [-0.39, 0.29) is 24.9 Å². The van der Waals surface area contributed by atoms with E-state index >= 15 is 0 Å². The lowest BCUT2D eigenvalue weighted by Gasteiger charge is -2.13. The molecule has 0 saturated carbocycles. The maximum Gasteiger partial charge on any atom is 0.303 e. The maximum atomic E-state index is 11.6. The molecule has 4 N–H and O–H groups in total. The van der Waals surface area contributed by atoms with E-state index in [2.05, 4.69) is 16.0 Å². The molecular weight excluding hydrogens is 294 g/mol. The van der Waals surface area contributed by atoms with Crippen LogP contribution in [0.1, 0.15) is 24.6 Å². The van der Waals surface area contributed by atoms with Crippen molar-refractivity contribution in [2.24, 2.45) is 0 Å². The van der Waals surface area contributed by atoms with Crippen LogP contribution in [0.25, 0.3) is 0 Å². The number of hydrogen-bond donors (Lipinski definition) is 4. The van der Waals surface area contributed by atoms with E-state index in [0.29, 0.717) is 5.69 Å². The van der Waals surface area contributed by atoms with E-state index in [1.807, 2.05) is 36.4 Å². The highest BCUT2D eigenvalue weighted by atomic mass is 16.4. The number of amides is 1. The quantitative estimate of drug-likeness (QED) is 0.681. The molecule has 0 aromatic heterocycles. The molecule has 2 aromatic rings. The predicted octanol–water partition coefficient (Wildman–Crippen LogP) is 3.03. The summed E-state index contributed by atoms with van der Waals surface area (Å²) in [6.07, 6.45) is -0.208. The van der Waals surface area contributed by atoms with Crippen LogP contribution in [0, 0.1) is 0 Å². The van der Waals surface area contributed by atoms with Gasteiger partial charge in [-0.15, -0.1) is 0 Å². The number of para-hydroxylation sites is 2. The van der Waals surface area contributed by atoms with Crippen molar-refractivity contribution in [1.29, 1.82) is 0 Å². The first-order valence-electron chi connectivity index (χ1n) is 7.35. The Morgan fingerprint density at radius 1 is 0.957 bits per heavy atom. The summed E-state index contributed by atoms with van der Waals surface area (Å²) in [5.74, 6) is -1.28. The zero-order valence-electron chi connectivity index (χ0n) is 12.4. The zero-order chi connectivity index (χ0) is 16.2. The van der Waals surface area contributed by atoms with Gasteiger partial charge in [-0.1, -0.05) is 24.3 Å². The molecule has 0 radical (unpaired) electrons. The third kappa shape index (κ3) is 3.60. The molecule has 6 nitrogen and oxygen atoms in total.